The molecule has 98 valence electrons. The van der Waals surface area contributed by atoms with Crippen LogP contribution in [0.1, 0.15) is 6.92 Å². The van der Waals surface area contributed by atoms with E-state index in [9.17, 15) is 27.6 Å². The highest BCUT2D eigenvalue weighted by atomic mass is 19.4. The zero-order valence-electron chi connectivity index (χ0n) is 8.89. The standard InChI is InChI=1S/C8H11F3N2O4/c1-2-17-6(15)4-12-5(14)3-13-7(16)8(9,10)11/h2-4H2,1H3,(H,12,14)(H,13,16). The summed E-state index contributed by atoms with van der Waals surface area (Å²) in [6.07, 6.45) is -5.04. The lowest BCUT2D eigenvalue weighted by molar-refractivity contribution is -0.173. The molecule has 0 heterocycles. The number of carbonyl (C=O) groups excluding carboxylic acids is 3. The Morgan fingerprint density at radius 2 is 1.71 bits per heavy atom. The molecule has 0 rings (SSSR count). The van der Waals surface area contributed by atoms with Crippen LogP contribution in [0.15, 0.2) is 0 Å². The minimum atomic E-state index is -5.04. The monoisotopic (exact) mass is 256 g/mol. The highest BCUT2D eigenvalue weighted by molar-refractivity contribution is 5.88. The lowest BCUT2D eigenvalue weighted by Crippen LogP contribution is -2.43. The predicted molar refractivity (Wildman–Crippen MR) is 48.7 cm³/mol. The molecule has 2 amide bonds. The SMILES string of the molecule is CCOC(=O)CNC(=O)CNC(=O)C(F)(F)F. The fourth-order valence-electron chi connectivity index (χ4n) is 0.706. The number of esters is 1. The van der Waals surface area contributed by atoms with Crippen LogP contribution in [0.2, 0.25) is 0 Å². The van der Waals surface area contributed by atoms with Crippen LogP contribution in [0, 0.1) is 0 Å². The van der Waals surface area contributed by atoms with E-state index in [1.54, 1.807) is 6.92 Å². The van der Waals surface area contributed by atoms with E-state index < -0.39 is 37.0 Å². The van der Waals surface area contributed by atoms with E-state index in [1.165, 1.54) is 5.32 Å². The average molecular weight is 256 g/mol. The number of amides is 2. The topological polar surface area (TPSA) is 84.5 Å². The van der Waals surface area contributed by atoms with Crippen LogP contribution >= 0.6 is 0 Å². The minimum absolute atomic E-state index is 0.125. The smallest absolute Gasteiger partial charge is 0.465 e. The van der Waals surface area contributed by atoms with Crippen molar-refractivity contribution in [2.45, 2.75) is 13.1 Å². The zero-order chi connectivity index (χ0) is 13.5. The van der Waals surface area contributed by atoms with Gasteiger partial charge in [0.2, 0.25) is 5.91 Å². The molecule has 0 unspecified atom stereocenters. The maximum absolute atomic E-state index is 11.7. The van der Waals surface area contributed by atoms with Gasteiger partial charge in [0.15, 0.2) is 0 Å². The summed E-state index contributed by atoms with van der Waals surface area (Å²) < 4.78 is 39.5. The molecule has 0 fully saturated rings. The van der Waals surface area contributed by atoms with Crippen LogP contribution < -0.4 is 10.6 Å². The van der Waals surface area contributed by atoms with E-state index in [1.807, 2.05) is 5.32 Å². The number of alkyl halides is 3. The van der Waals surface area contributed by atoms with Crippen molar-refractivity contribution in [1.29, 1.82) is 0 Å². The van der Waals surface area contributed by atoms with Crippen LogP contribution in [0.5, 0.6) is 0 Å². The van der Waals surface area contributed by atoms with Gasteiger partial charge < -0.3 is 15.4 Å². The summed E-state index contributed by atoms with van der Waals surface area (Å²) in [5, 5.41) is 3.33. The normalized spacial score (nSPS) is 10.6. The van der Waals surface area contributed by atoms with E-state index in [4.69, 9.17) is 0 Å². The minimum Gasteiger partial charge on any atom is -0.465 e. The Hall–Kier alpha value is -1.80. The van der Waals surface area contributed by atoms with Crippen molar-refractivity contribution in [3.8, 4) is 0 Å². The van der Waals surface area contributed by atoms with Crippen LogP contribution in [-0.4, -0.2) is 43.7 Å². The molecule has 6 nitrogen and oxygen atoms in total. The van der Waals surface area contributed by atoms with Gasteiger partial charge in [0.1, 0.15) is 6.54 Å². The molecule has 0 aliphatic carbocycles. The van der Waals surface area contributed by atoms with Gasteiger partial charge in [-0.2, -0.15) is 13.2 Å². The molecule has 0 aliphatic heterocycles. The van der Waals surface area contributed by atoms with Gasteiger partial charge in [0.25, 0.3) is 0 Å². The third kappa shape index (κ3) is 7.14. The van der Waals surface area contributed by atoms with E-state index in [-0.39, 0.29) is 6.61 Å². The molecule has 0 aromatic rings. The van der Waals surface area contributed by atoms with Crippen LogP contribution in [0.3, 0.4) is 0 Å². The third-order valence-electron chi connectivity index (χ3n) is 1.40. The quantitative estimate of drug-likeness (QED) is 0.640. The molecule has 0 aliphatic rings. The maximum atomic E-state index is 11.7. The molecule has 0 atom stereocenters. The second kappa shape index (κ2) is 6.71. The van der Waals surface area contributed by atoms with Crippen molar-refractivity contribution >= 4 is 17.8 Å². The number of nitrogens with one attached hydrogen (secondary N) is 2. The van der Waals surface area contributed by atoms with Gasteiger partial charge in [-0.3, -0.25) is 14.4 Å². The van der Waals surface area contributed by atoms with Crippen molar-refractivity contribution < 1.29 is 32.3 Å². The van der Waals surface area contributed by atoms with Gasteiger partial charge in [-0.25, -0.2) is 0 Å². The number of ether oxygens (including phenoxy) is 1. The van der Waals surface area contributed by atoms with Crippen molar-refractivity contribution in [1.82, 2.24) is 10.6 Å². The number of carbonyl (C=O) groups is 3. The molecule has 0 saturated carbocycles. The van der Waals surface area contributed by atoms with Gasteiger partial charge in [-0.05, 0) is 6.92 Å². The van der Waals surface area contributed by atoms with E-state index in [0.717, 1.165) is 0 Å². The Kier molecular flexibility index (Phi) is 6.00. The Labute approximate surface area is 94.5 Å². The summed E-state index contributed by atoms with van der Waals surface area (Å²) in [5.74, 6) is -3.86. The molecule has 0 aromatic heterocycles. The fourth-order valence-corrected chi connectivity index (χ4v) is 0.706. The Morgan fingerprint density at radius 3 is 2.18 bits per heavy atom. The first-order valence-electron chi connectivity index (χ1n) is 4.54. The van der Waals surface area contributed by atoms with Crippen LogP contribution in [-0.2, 0) is 19.1 Å². The Bertz CT molecular complexity index is 304. The van der Waals surface area contributed by atoms with Gasteiger partial charge >= 0.3 is 18.1 Å². The molecular weight excluding hydrogens is 245 g/mol. The van der Waals surface area contributed by atoms with Crippen molar-refractivity contribution in [3.63, 3.8) is 0 Å². The number of hydrogen-bond donors (Lipinski definition) is 2. The van der Waals surface area contributed by atoms with E-state index >= 15 is 0 Å². The summed E-state index contributed by atoms with van der Waals surface area (Å²) in [6.45, 7) is 0.356. The maximum Gasteiger partial charge on any atom is 0.471 e. The summed E-state index contributed by atoms with van der Waals surface area (Å²) in [7, 11) is 0. The summed E-state index contributed by atoms with van der Waals surface area (Å²) in [5.41, 5.74) is 0. The molecule has 17 heavy (non-hydrogen) atoms. The summed E-state index contributed by atoms with van der Waals surface area (Å²) in [6, 6.07) is 0. The highest BCUT2D eigenvalue weighted by Gasteiger charge is 2.38. The third-order valence-corrected chi connectivity index (χ3v) is 1.40. The van der Waals surface area contributed by atoms with Gasteiger partial charge in [-0.1, -0.05) is 0 Å². The largest absolute Gasteiger partial charge is 0.471 e. The van der Waals surface area contributed by atoms with Gasteiger partial charge in [0, 0.05) is 0 Å². The molecule has 0 radical (unpaired) electrons. The predicted octanol–water partition coefficient (Wildman–Crippen LogP) is -0.656. The summed E-state index contributed by atoms with van der Waals surface area (Å²) in [4.78, 5) is 31.9. The molecule has 9 heteroatoms. The highest BCUT2D eigenvalue weighted by Crippen LogP contribution is 2.13. The van der Waals surface area contributed by atoms with E-state index in [2.05, 4.69) is 4.74 Å². The van der Waals surface area contributed by atoms with Crippen molar-refractivity contribution in [2.75, 3.05) is 19.7 Å². The van der Waals surface area contributed by atoms with Crippen LogP contribution in [0.25, 0.3) is 0 Å². The lowest BCUT2D eigenvalue weighted by Gasteiger charge is -2.08. The zero-order valence-corrected chi connectivity index (χ0v) is 8.89. The molecule has 2 N–H and O–H groups in total. The Morgan fingerprint density at radius 1 is 1.12 bits per heavy atom. The second-order valence-electron chi connectivity index (χ2n) is 2.76. The van der Waals surface area contributed by atoms with Crippen LogP contribution in [0.4, 0.5) is 13.2 Å². The lowest BCUT2D eigenvalue weighted by atomic mass is 10.5. The number of rotatable bonds is 5. The van der Waals surface area contributed by atoms with Gasteiger partial charge in [-0.15, -0.1) is 0 Å². The molecule has 0 bridgehead atoms. The first-order chi connectivity index (χ1) is 7.77. The first kappa shape index (κ1) is 15.2. The summed E-state index contributed by atoms with van der Waals surface area (Å²) >= 11 is 0. The number of halogens is 3. The number of hydrogen-bond acceptors (Lipinski definition) is 4. The van der Waals surface area contributed by atoms with Crippen molar-refractivity contribution in [2.24, 2.45) is 0 Å². The first-order valence-corrected chi connectivity index (χ1v) is 4.54. The fraction of sp³-hybridized carbons (Fsp3) is 0.625. The molecule has 0 saturated heterocycles. The van der Waals surface area contributed by atoms with E-state index in [0.29, 0.717) is 0 Å². The Balaban J connectivity index is 3.82. The molecule has 0 spiro atoms. The second-order valence-corrected chi connectivity index (χ2v) is 2.76. The molecular formula is C8H11F3N2O4. The average Bonchev–Trinajstić information content (AvgIpc) is 2.22. The molecule has 0 aromatic carbocycles. The van der Waals surface area contributed by atoms with Crippen molar-refractivity contribution in [3.05, 3.63) is 0 Å². The van der Waals surface area contributed by atoms with Gasteiger partial charge in [0.05, 0.1) is 13.2 Å².